The van der Waals surface area contributed by atoms with Crippen molar-refractivity contribution < 1.29 is 22.7 Å². The second-order valence-corrected chi connectivity index (χ2v) is 10.8. The first-order valence-electron chi connectivity index (χ1n) is 12.3. The minimum absolute atomic E-state index is 0.0969. The summed E-state index contributed by atoms with van der Waals surface area (Å²) in [6.07, 6.45) is 3.35. The zero-order chi connectivity index (χ0) is 26.7. The second-order valence-electron chi connectivity index (χ2n) is 8.88. The van der Waals surface area contributed by atoms with Crippen molar-refractivity contribution in [1.29, 1.82) is 0 Å². The van der Waals surface area contributed by atoms with Crippen LogP contribution in [0.5, 0.6) is 5.75 Å². The first-order chi connectivity index (χ1) is 17.1. The monoisotopic (exact) mass is 517 g/mol. The number of aryl methyl sites for hydroxylation is 1. The number of nitrogens with zero attached hydrogens (tertiary/aromatic N) is 2. The summed E-state index contributed by atoms with van der Waals surface area (Å²) in [5, 5.41) is 2.91. The van der Waals surface area contributed by atoms with Gasteiger partial charge in [-0.3, -0.25) is 13.9 Å². The van der Waals surface area contributed by atoms with Gasteiger partial charge in [-0.15, -0.1) is 0 Å². The number of unbranched alkanes of at least 4 members (excludes halogenated alkanes) is 1. The number of methoxy groups -OCH3 is 1. The van der Waals surface area contributed by atoms with Gasteiger partial charge >= 0.3 is 0 Å². The third kappa shape index (κ3) is 8.26. The number of amides is 2. The summed E-state index contributed by atoms with van der Waals surface area (Å²) in [7, 11) is -2.12. The van der Waals surface area contributed by atoms with Crippen LogP contribution in [0.2, 0.25) is 0 Å². The van der Waals surface area contributed by atoms with Crippen LogP contribution in [0.25, 0.3) is 0 Å². The number of carbonyl (C=O) groups is 2. The van der Waals surface area contributed by atoms with E-state index < -0.39 is 16.1 Å². The molecule has 36 heavy (non-hydrogen) atoms. The van der Waals surface area contributed by atoms with Gasteiger partial charge in [-0.25, -0.2) is 8.42 Å². The molecule has 0 aliphatic carbocycles. The Morgan fingerprint density at radius 2 is 1.72 bits per heavy atom. The molecule has 0 radical (unpaired) electrons. The first-order valence-corrected chi connectivity index (χ1v) is 14.2. The fourth-order valence-corrected chi connectivity index (χ4v) is 4.88. The Bertz CT molecular complexity index is 1120. The van der Waals surface area contributed by atoms with Crippen LogP contribution >= 0.6 is 0 Å². The third-order valence-electron chi connectivity index (χ3n) is 6.10. The normalized spacial score (nSPS) is 12.0. The number of benzene rings is 2. The average Bonchev–Trinajstić information content (AvgIpc) is 2.85. The van der Waals surface area contributed by atoms with Gasteiger partial charge in [-0.05, 0) is 49.9 Å². The van der Waals surface area contributed by atoms with Crippen molar-refractivity contribution in [3.8, 4) is 5.75 Å². The Labute approximate surface area is 215 Å². The van der Waals surface area contributed by atoms with E-state index in [0.717, 1.165) is 30.2 Å². The summed E-state index contributed by atoms with van der Waals surface area (Å²) in [6.45, 7) is 6.73. The van der Waals surface area contributed by atoms with Crippen LogP contribution < -0.4 is 14.4 Å². The molecule has 198 valence electrons. The molecule has 9 heteroatoms. The quantitative estimate of drug-likeness (QED) is 0.384. The highest BCUT2D eigenvalue weighted by molar-refractivity contribution is 7.92. The number of hydrogen-bond donors (Lipinski definition) is 1. The SMILES string of the molecule is CCCCNC(=O)[C@@H](C)N(Cc1ccccc1C)C(=O)CCCN(c1ccccc1OC)S(C)(=O)=O. The predicted octanol–water partition coefficient (Wildman–Crippen LogP) is 3.88. The van der Waals surface area contributed by atoms with Crippen molar-refractivity contribution in [2.75, 3.05) is 30.8 Å². The van der Waals surface area contributed by atoms with Gasteiger partial charge in [0.1, 0.15) is 11.8 Å². The van der Waals surface area contributed by atoms with Gasteiger partial charge in [0, 0.05) is 26.1 Å². The second kappa shape index (κ2) is 13.9. The maximum Gasteiger partial charge on any atom is 0.242 e. The van der Waals surface area contributed by atoms with Gasteiger partial charge in [0.05, 0.1) is 19.1 Å². The molecule has 2 aromatic carbocycles. The van der Waals surface area contributed by atoms with Crippen LogP contribution in [0, 0.1) is 6.92 Å². The molecule has 1 atom stereocenters. The number of sulfonamides is 1. The maximum atomic E-state index is 13.4. The van der Waals surface area contributed by atoms with Crippen molar-refractivity contribution in [3.05, 3.63) is 59.7 Å². The number of rotatable bonds is 14. The molecule has 0 saturated carbocycles. The molecule has 0 aliphatic rings. The van der Waals surface area contributed by atoms with E-state index in [4.69, 9.17) is 4.74 Å². The Balaban J connectivity index is 2.18. The van der Waals surface area contributed by atoms with Crippen molar-refractivity contribution in [3.63, 3.8) is 0 Å². The highest BCUT2D eigenvalue weighted by atomic mass is 32.2. The smallest absolute Gasteiger partial charge is 0.242 e. The Morgan fingerprint density at radius 3 is 2.36 bits per heavy atom. The lowest BCUT2D eigenvalue weighted by atomic mass is 10.1. The van der Waals surface area contributed by atoms with E-state index in [0.29, 0.717) is 30.9 Å². The highest BCUT2D eigenvalue weighted by Crippen LogP contribution is 2.29. The lowest BCUT2D eigenvalue weighted by Gasteiger charge is -2.30. The summed E-state index contributed by atoms with van der Waals surface area (Å²) < 4.78 is 31.7. The topological polar surface area (TPSA) is 96.0 Å². The molecule has 2 aromatic rings. The van der Waals surface area contributed by atoms with E-state index in [9.17, 15) is 18.0 Å². The first kappa shape index (κ1) is 29.2. The molecule has 1 N–H and O–H groups in total. The number of hydrogen-bond acceptors (Lipinski definition) is 5. The Hall–Kier alpha value is -3.07. The van der Waals surface area contributed by atoms with Crippen molar-refractivity contribution >= 4 is 27.5 Å². The van der Waals surface area contributed by atoms with E-state index in [-0.39, 0.29) is 24.8 Å². The fourth-order valence-electron chi connectivity index (χ4n) is 3.91. The number of anilines is 1. The predicted molar refractivity (Wildman–Crippen MR) is 144 cm³/mol. The molecule has 2 rings (SSSR count). The maximum absolute atomic E-state index is 13.4. The number of nitrogens with one attached hydrogen (secondary N) is 1. The van der Waals surface area contributed by atoms with Crippen LogP contribution in [0.3, 0.4) is 0 Å². The molecule has 0 fully saturated rings. The lowest BCUT2D eigenvalue weighted by Crippen LogP contribution is -2.48. The van der Waals surface area contributed by atoms with Crippen molar-refractivity contribution in [1.82, 2.24) is 10.2 Å². The lowest BCUT2D eigenvalue weighted by molar-refractivity contribution is -0.140. The van der Waals surface area contributed by atoms with Gasteiger partial charge in [0.15, 0.2) is 0 Å². The zero-order valence-corrected chi connectivity index (χ0v) is 22.8. The summed E-state index contributed by atoms with van der Waals surface area (Å²) in [4.78, 5) is 27.8. The summed E-state index contributed by atoms with van der Waals surface area (Å²) in [5.41, 5.74) is 2.43. The largest absolute Gasteiger partial charge is 0.495 e. The van der Waals surface area contributed by atoms with E-state index in [2.05, 4.69) is 12.2 Å². The molecule has 8 nitrogen and oxygen atoms in total. The number of carbonyl (C=O) groups excluding carboxylic acids is 2. The standard InChI is InChI=1S/C27H39N3O5S/c1-6-7-18-28-27(32)22(3)29(20-23-14-9-8-13-21(23)2)26(31)17-12-19-30(36(5,33)34)24-15-10-11-16-25(24)35-4/h8-11,13-16,22H,6-7,12,17-20H2,1-5H3,(H,28,32)/t22-/m1/s1. The van der Waals surface area contributed by atoms with E-state index in [1.165, 1.54) is 11.4 Å². The molecule has 0 aromatic heterocycles. The van der Waals surface area contributed by atoms with E-state index in [1.54, 1.807) is 36.1 Å². The number of ether oxygens (including phenoxy) is 1. The van der Waals surface area contributed by atoms with Crippen LogP contribution in [0.4, 0.5) is 5.69 Å². The molecule has 0 heterocycles. The third-order valence-corrected chi connectivity index (χ3v) is 7.28. The molecular formula is C27H39N3O5S. The summed E-state index contributed by atoms with van der Waals surface area (Å²) in [5.74, 6) is 0.0369. The summed E-state index contributed by atoms with van der Waals surface area (Å²) >= 11 is 0. The van der Waals surface area contributed by atoms with Crippen molar-refractivity contribution in [2.45, 2.75) is 59.0 Å². The molecule has 0 spiro atoms. The number of para-hydroxylation sites is 2. The highest BCUT2D eigenvalue weighted by Gasteiger charge is 2.27. The van der Waals surface area contributed by atoms with E-state index >= 15 is 0 Å². The van der Waals surface area contributed by atoms with Gasteiger partial charge in [-0.2, -0.15) is 0 Å². The van der Waals surface area contributed by atoms with Crippen LogP contribution in [-0.4, -0.2) is 57.6 Å². The van der Waals surface area contributed by atoms with Crippen molar-refractivity contribution in [2.24, 2.45) is 0 Å². The molecule has 0 bridgehead atoms. The van der Waals surface area contributed by atoms with Crippen LogP contribution in [0.1, 0.15) is 50.7 Å². The average molecular weight is 518 g/mol. The molecule has 0 saturated heterocycles. The Kier molecular flexibility index (Phi) is 11.2. The molecule has 0 unspecified atom stereocenters. The van der Waals surface area contributed by atoms with Gasteiger partial charge in [0.25, 0.3) is 0 Å². The van der Waals surface area contributed by atoms with Gasteiger partial charge in [-0.1, -0.05) is 49.7 Å². The van der Waals surface area contributed by atoms with Gasteiger partial charge < -0.3 is 15.0 Å². The molecular weight excluding hydrogens is 478 g/mol. The fraction of sp³-hybridized carbons (Fsp3) is 0.481. The summed E-state index contributed by atoms with van der Waals surface area (Å²) in [6, 6.07) is 14.0. The minimum Gasteiger partial charge on any atom is -0.495 e. The van der Waals surface area contributed by atoms with Gasteiger partial charge in [0.2, 0.25) is 21.8 Å². The Morgan fingerprint density at radius 1 is 1.06 bits per heavy atom. The van der Waals surface area contributed by atoms with Crippen LogP contribution in [-0.2, 0) is 26.2 Å². The minimum atomic E-state index is -3.60. The zero-order valence-electron chi connectivity index (χ0n) is 22.0. The molecule has 2 amide bonds. The molecule has 0 aliphatic heterocycles. The van der Waals surface area contributed by atoms with Crippen LogP contribution in [0.15, 0.2) is 48.5 Å². The van der Waals surface area contributed by atoms with E-state index in [1.807, 2.05) is 31.2 Å².